The summed E-state index contributed by atoms with van der Waals surface area (Å²) < 4.78 is 0. The first kappa shape index (κ1) is 9.76. The summed E-state index contributed by atoms with van der Waals surface area (Å²) in [6.45, 7) is 2.39. The van der Waals surface area contributed by atoms with E-state index >= 15 is 0 Å². The molecule has 0 saturated carbocycles. The number of carbonyl (C=O) groups excluding carboxylic acids is 1. The van der Waals surface area contributed by atoms with E-state index in [0.29, 0.717) is 5.88 Å². The van der Waals surface area contributed by atoms with Gasteiger partial charge in [0.25, 0.3) is 0 Å². The fourth-order valence-electron chi connectivity index (χ4n) is 0.601. The molecule has 0 spiro atoms. The van der Waals surface area contributed by atoms with E-state index in [-0.39, 0.29) is 5.91 Å². The standard InChI is InChI=1S/C7H14ClNO/c1-7(10)9(2)6-4-3-5-8/h3-6H2,1-2H3. The molecular weight excluding hydrogens is 150 g/mol. The van der Waals surface area contributed by atoms with Gasteiger partial charge in [0.2, 0.25) is 5.91 Å². The van der Waals surface area contributed by atoms with Crippen LogP contribution in [0.3, 0.4) is 0 Å². The van der Waals surface area contributed by atoms with E-state index in [1.165, 1.54) is 0 Å². The number of hydrogen-bond donors (Lipinski definition) is 0. The predicted octanol–water partition coefficient (Wildman–Crippen LogP) is 1.48. The number of alkyl halides is 1. The minimum absolute atomic E-state index is 0.120. The molecule has 0 aliphatic carbocycles. The van der Waals surface area contributed by atoms with Gasteiger partial charge < -0.3 is 4.90 Å². The van der Waals surface area contributed by atoms with Gasteiger partial charge in [-0.15, -0.1) is 11.6 Å². The van der Waals surface area contributed by atoms with Crippen LogP contribution >= 0.6 is 11.6 Å². The van der Waals surface area contributed by atoms with Crippen molar-refractivity contribution >= 4 is 17.5 Å². The summed E-state index contributed by atoms with van der Waals surface area (Å²) in [5.41, 5.74) is 0. The molecule has 0 fully saturated rings. The van der Waals surface area contributed by atoms with Crippen LogP contribution in [0.4, 0.5) is 0 Å². The number of nitrogens with zero attached hydrogens (tertiary/aromatic N) is 1. The number of carbonyl (C=O) groups is 1. The van der Waals surface area contributed by atoms with Crippen LogP contribution < -0.4 is 0 Å². The molecule has 2 nitrogen and oxygen atoms in total. The zero-order valence-corrected chi connectivity index (χ0v) is 7.32. The second-order valence-corrected chi connectivity index (χ2v) is 2.71. The van der Waals surface area contributed by atoms with E-state index in [0.717, 1.165) is 19.4 Å². The number of rotatable bonds is 4. The summed E-state index contributed by atoms with van der Waals surface area (Å²) in [4.78, 5) is 12.3. The maximum absolute atomic E-state index is 10.6. The van der Waals surface area contributed by atoms with Crippen molar-refractivity contribution in [3.63, 3.8) is 0 Å². The fourth-order valence-corrected chi connectivity index (χ4v) is 0.790. The van der Waals surface area contributed by atoms with Gasteiger partial charge in [-0.05, 0) is 12.8 Å². The molecule has 60 valence electrons. The third-order valence-electron chi connectivity index (χ3n) is 1.41. The Labute approximate surface area is 67.2 Å². The summed E-state index contributed by atoms with van der Waals surface area (Å²) in [5, 5.41) is 0. The molecule has 0 rings (SSSR count). The Morgan fingerprint density at radius 2 is 2.10 bits per heavy atom. The smallest absolute Gasteiger partial charge is 0.219 e. The fraction of sp³-hybridized carbons (Fsp3) is 0.857. The van der Waals surface area contributed by atoms with Crippen molar-refractivity contribution in [2.24, 2.45) is 0 Å². The average Bonchev–Trinajstić information content (AvgIpc) is 1.88. The van der Waals surface area contributed by atoms with Crippen molar-refractivity contribution in [1.29, 1.82) is 0 Å². The Morgan fingerprint density at radius 3 is 2.50 bits per heavy atom. The van der Waals surface area contributed by atoms with Crippen molar-refractivity contribution in [2.45, 2.75) is 19.8 Å². The quantitative estimate of drug-likeness (QED) is 0.454. The Bertz CT molecular complexity index is 106. The van der Waals surface area contributed by atoms with Crippen LogP contribution in [0.25, 0.3) is 0 Å². The third kappa shape index (κ3) is 4.62. The van der Waals surface area contributed by atoms with Crippen molar-refractivity contribution in [3.8, 4) is 0 Å². The van der Waals surface area contributed by atoms with Gasteiger partial charge in [0.05, 0.1) is 0 Å². The molecule has 0 aromatic heterocycles. The number of unbranched alkanes of at least 4 members (excludes halogenated alkanes) is 1. The van der Waals surface area contributed by atoms with Crippen molar-refractivity contribution in [3.05, 3.63) is 0 Å². The minimum Gasteiger partial charge on any atom is -0.346 e. The lowest BCUT2D eigenvalue weighted by Gasteiger charge is -2.13. The summed E-state index contributed by atoms with van der Waals surface area (Å²) in [7, 11) is 1.80. The summed E-state index contributed by atoms with van der Waals surface area (Å²) in [6.07, 6.45) is 1.98. The molecule has 0 aromatic rings. The van der Waals surface area contributed by atoms with Crippen LogP contribution in [0.5, 0.6) is 0 Å². The molecule has 10 heavy (non-hydrogen) atoms. The van der Waals surface area contributed by atoms with E-state index in [2.05, 4.69) is 0 Å². The summed E-state index contributed by atoms with van der Waals surface area (Å²) >= 11 is 5.46. The monoisotopic (exact) mass is 163 g/mol. The highest BCUT2D eigenvalue weighted by molar-refractivity contribution is 6.17. The normalized spacial score (nSPS) is 9.50. The molecule has 0 aliphatic rings. The number of amides is 1. The van der Waals surface area contributed by atoms with Crippen LogP contribution in [0.2, 0.25) is 0 Å². The molecule has 0 N–H and O–H groups in total. The summed E-state index contributed by atoms with van der Waals surface area (Å²) in [5.74, 6) is 0.806. The predicted molar refractivity (Wildman–Crippen MR) is 43.3 cm³/mol. The second-order valence-electron chi connectivity index (χ2n) is 2.34. The molecular formula is C7H14ClNO. The van der Waals surface area contributed by atoms with Crippen molar-refractivity contribution in [1.82, 2.24) is 4.90 Å². The van der Waals surface area contributed by atoms with Gasteiger partial charge in [-0.2, -0.15) is 0 Å². The number of halogens is 1. The minimum atomic E-state index is 0.120. The Morgan fingerprint density at radius 1 is 1.50 bits per heavy atom. The molecule has 0 radical (unpaired) electrons. The van der Waals surface area contributed by atoms with Gasteiger partial charge in [0.1, 0.15) is 0 Å². The van der Waals surface area contributed by atoms with Gasteiger partial charge in [-0.3, -0.25) is 4.79 Å². The third-order valence-corrected chi connectivity index (χ3v) is 1.68. The molecule has 0 unspecified atom stereocenters. The first-order valence-corrected chi connectivity index (χ1v) is 3.99. The van der Waals surface area contributed by atoms with Crippen LogP contribution in [-0.2, 0) is 4.79 Å². The topological polar surface area (TPSA) is 20.3 Å². The SMILES string of the molecule is CC(=O)N(C)CCCCCl. The first-order valence-electron chi connectivity index (χ1n) is 3.46. The van der Waals surface area contributed by atoms with E-state index in [9.17, 15) is 4.79 Å². The largest absolute Gasteiger partial charge is 0.346 e. The molecule has 0 heterocycles. The molecule has 0 bridgehead atoms. The highest BCUT2D eigenvalue weighted by Crippen LogP contribution is 1.94. The maximum atomic E-state index is 10.6. The zero-order chi connectivity index (χ0) is 7.98. The Balaban J connectivity index is 3.21. The van der Waals surface area contributed by atoms with E-state index < -0.39 is 0 Å². The molecule has 1 amide bonds. The lowest BCUT2D eigenvalue weighted by Crippen LogP contribution is -2.24. The number of hydrogen-bond acceptors (Lipinski definition) is 1. The van der Waals surface area contributed by atoms with Gasteiger partial charge in [-0.1, -0.05) is 0 Å². The maximum Gasteiger partial charge on any atom is 0.219 e. The van der Waals surface area contributed by atoms with Crippen LogP contribution in [0.15, 0.2) is 0 Å². The first-order chi connectivity index (χ1) is 4.68. The zero-order valence-electron chi connectivity index (χ0n) is 6.56. The van der Waals surface area contributed by atoms with E-state index in [1.54, 1.807) is 18.9 Å². The van der Waals surface area contributed by atoms with Gasteiger partial charge in [-0.25, -0.2) is 0 Å². The van der Waals surface area contributed by atoms with Gasteiger partial charge >= 0.3 is 0 Å². The van der Waals surface area contributed by atoms with Crippen LogP contribution in [0.1, 0.15) is 19.8 Å². The molecule has 0 atom stereocenters. The molecule has 3 heteroatoms. The lowest BCUT2D eigenvalue weighted by molar-refractivity contribution is -0.127. The highest BCUT2D eigenvalue weighted by Gasteiger charge is 1.99. The van der Waals surface area contributed by atoms with Gasteiger partial charge in [0, 0.05) is 26.4 Å². The van der Waals surface area contributed by atoms with Gasteiger partial charge in [0.15, 0.2) is 0 Å². The average molecular weight is 164 g/mol. The van der Waals surface area contributed by atoms with E-state index in [1.807, 2.05) is 0 Å². The lowest BCUT2D eigenvalue weighted by atomic mass is 10.3. The summed E-state index contributed by atoms with van der Waals surface area (Å²) in [6, 6.07) is 0. The highest BCUT2D eigenvalue weighted by atomic mass is 35.5. The van der Waals surface area contributed by atoms with Crippen LogP contribution in [0, 0.1) is 0 Å². The second kappa shape index (κ2) is 5.54. The molecule has 0 saturated heterocycles. The van der Waals surface area contributed by atoms with E-state index in [4.69, 9.17) is 11.6 Å². The molecule has 0 aliphatic heterocycles. The van der Waals surface area contributed by atoms with Crippen LogP contribution in [-0.4, -0.2) is 30.3 Å². The Kier molecular flexibility index (Phi) is 5.40. The van der Waals surface area contributed by atoms with Crippen molar-refractivity contribution in [2.75, 3.05) is 19.5 Å². The Hall–Kier alpha value is -0.240. The van der Waals surface area contributed by atoms with Crippen molar-refractivity contribution < 1.29 is 4.79 Å². The molecule has 0 aromatic carbocycles.